The molecule has 3 nitrogen and oxygen atoms in total. The first-order chi connectivity index (χ1) is 8.58. The molecule has 1 aliphatic rings. The summed E-state index contributed by atoms with van der Waals surface area (Å²) in [4.78, 5) is 12.3. The van der Waals surface area contributed by atoms with E-state index in [0.29, 0.717) is 5.92 Å². The number of hydrogen-bond donors (Lipinski definition) is 2. The summed E-state index contributed by atoms with van der Waals surface area (Å²) in [5.74, 6) is 0.606. The second-order valence-corrected chi connectivity index (χ2v) is 5.33. The fourth-order valence-electron chi connectivity index (χ4n) is 2.49. The van der Waals surface area contributed by atoms with Crippen LogP contribution in [0.1, 0.15) is 34.8 Å². The Kier molecular flexibility index (Phi) is 4.02. The lowest BCUT2D eigenvalue weighted by molar-refractivity contribution is 0.0928. The fraction of sp³-hybridized carbons (Fsp3) is 0.533. The number of benzene rings is 1. The molecule has 0 aromatic heterocycles. The Morgan fingerprint density at radius 2 is 2.22 bits per heavy atom. The maximum Gasteiger partial charge on any atom is 0.251 e. The summed E-state index contributed by atoms with van der Waals surface area (Å²) in [6.07, 6.45) is 1.15. The normalized spacial score (nSPS) is 20.7. The van der Waals surface area contributed by atoms with Crippen LogP contribution in [0.3, 0.4) is 0 Å². The molecule has 1 aromatic rings. The number of carbonyl (C=O) groups excluding carboxylic acids is 1. The van der Waals surface area contributed by atoms with Gasteiger partial charge in [0, 0.05) is 11.6 Å². The first kappa shape index (κ1) is 13.1. The highest BCUT2D eigenvalue weighted by atomic mass is 16.1. The van der Waals surface area contributed by atoms with Gasteiger partial charge in [0.05, 0.1) is 0 Å². The highest BCUT2D eigenvalue weighted by molar-refractivity contribution is 5.96. The lowest BCUT2D eigenvalue weighted by Crippen LogP contribution is -2.39. The van der Waals surface area contributed by atoms with E-state index in [-0.39, 0.29) is 11.9 Å². The van der Waals surface area contributed by atoms with Gasteiger partial charge in [0.15, 0.2) is 0 Å². The van der Waals surface area contributed by atoms with Crippen molar-refractivity contribution in [2.24, 2.45) is 5.92 Å². The van der Waals surface area contributed by atoms with Gasteiger partial charge in [0.1, 0.15) is 0 Å². The average molecular weight is 246 g/mol. The van der Waals surface area contributed by atoms with E-state index < -0.39 is 0 Å². The number of amides is 1. The third kappa shape index (κ3) is 2.91. The minimum atomic E-state index is 0.0515. The van der Waals surface area contributed by atoms with Gasteiger partial charge in [-0.25, -0.2) is 0 Å². The summed E-state index contributed by atoms with van der Waals surface area (Å²) in [6.45, 7) is 8.17. The topological polar surface area (TPSA) is 41.1 Å². The molecule has 1 amide bonds. The summed E-state index contributed by atoms with van der Waals surface area (Å²) in [5, 5.41) is 6.46. The van der Waals surface area contributed by atoms with Gasteiger partial charge in [-0.15, -0.1) is 0 Å². The van der Waals surface area contributed by atoms with Gasteiger partial charge in [-0.2, -0.15) is 0 Å². The van der Waals surface area contributed by atoms with Gasteiger partial charge in [0.2, 0.25) is 0 Å². The van der Waals surface area contributed by atoms with Crippen molar-refractivity contribution in [3.63, 3.8) is 0 Å². The minimum absolute atomic E-state index is 0.0515. The molecule has 1 aromatic carbocycles. The molecule has 2 atom stereocenters. The molecule has 0 saturated carbocycles. The molecule has 3 heteroatoms. The van der Waals surface area contributed by atoms with Crippen molar-refractivity contribution in [2.75, 3.05) is 13.1 Å². The van der Waals surface area contributed by atoms with Crippen molar-refractivity contribution < 1.29 is 4.79 Å². The van der Waals surface area contributed by atoms with Gasteiger partial charge >= 0.3 is 0 Å². The fourth-order valence-corrected chi connectivity index (χ4v) is 2.49. The van der Waals surface area contributed by atoms with E-state index in [1.54, 1.807) is 0 Å². The number of rotatable bonds is 3. The quantitative estimate of drug-likeness (QED) is 0.857. The molecular weight excluding hydrogens is 224 g/mol. The van der Waals surface area contributed by atoms with E-state index in [4.69, 9.17) is 0 Å². The van der Waals surface area contributed by atoms with Crippen LogP contribution in [0.15, 0.2) is 18.2 Å². The van der Waals surface area contributed by atoms with E-state index in [9.17, 15) is 4.79 Å². The van der Waals surface area contributed by atoms with Crippen LogP contribution in [0.5, 0.6) is 0 Å². The van der Waals surface area contributed by atoms with E-state index in [0.717, 1.165) is 36.2 Å². The Morgan fingerprint density at radius 3 is 2.89 bits per heavy atom. The van der Waals surface area contributed by atoms with Crippen molar-refractivity contribution in [2.45, 2.75) is 33.2 Å². The smallest absolute Gasteiger partial charge is 0.251 e. The van der Waals surface area contributed by atoms with Gasteiger partial charge in [-0.3, -0.25) is 4.79 Å². The van der Waals surface area contributed by atoms with Crippen LogP contribution in [-0.2, 0) is 0 Å². The van der Waals surface area contributed by atoms with E-state index in [1.165, 1.54) is 0 Å². The molecule has 1 aliphatic heterocycles. The third-order valence-corrected chi connectivity index (χ3v) is 3.80. The predicted octanol–water partition coefficient (Wildman–Crippen LogP) is 2.03. The van der Waals surface area contributed by atoms with Crippen LogP contribution >= 0.6 is 0 Å². The van der Waals surface area contributed by atoms with Crippen molar-refractivity contribution in [3.8, 4) is 0 Å². The molecule has 1 saturated heterocycles. The van der Waals surface area contributed by atoms with Crippen molar-refractivity contribution >= 4 is 5.91 Å². The molecule has 0 spiro atoms. The molecular formula is C15H22N2O. The van der Waals surface area contributed by atoms with Crippen LogP contribution < -0.4 is 10.6 Å². The minimum Gasteiger partial charge on any atom is -0.349 e. The van der Waals surface area contributed by atoms with Crippen LogP contribution in [0.25, 0.3) is 0 Å². The van der Waals surface area contributed by atoms with Crippen LogP contribution in [-0.4, -0.2) is 25.0 Å². The first-order valence-electron chi connectivity index (χ1n) is 6.67. The summed E-state index contributed by atoms with van der Waals surface area (Å²) >= 11 is 0. The van der Waals surface area contributed by atoms with Crippen LogP contribution in [0.4, 0.5) is 0 Å². The molecule has 2 rings (SSSR count). The van der Waals surface area contributed by atoms with Gasteiger partial charge in [0.25, 0.3) is 5.91 Å². The number of aryl methyl sites for hydroxylation is 2. The zero-order valence-corrected chi connectivity index (χ0v) is 11.4. The molecule has 2 unspecified atom stereocenters. The van der Waals surface area contributed by atoms with Crippen molar-refractivity contribution in [3.05, 3.63) is 34.9 Å². The zero-order valence-electron chi connectivity index (χ0n) is 11.4. The Morgan fingerprint density at radius 1 is 1.44 bits per heavy atom. The summed E-state index contributed by atoms with van der Waals surface area (Å²) in [5.41, 5.74) is 2.96. The largest absolute Gasteiger partial charge is 0.349 e. The number of carbonyl (C=O) groups is 1. The van der Waals surface area contributed by atoms with E-state index in [1.807, 2.05) is 32.0 Å². The molecule has 1 heterocycles. The standard InChI is InChI=1S/C15H22N2O/c1-10-4-5-11(2)14(8-10)15(18)17-12(3)13-6-7-16-9-13/h4-5,8,12-13,16H,6-7,9H2,1-3H3,(H,17,18). The molecule has 98 valence electrons. The highest BCUT2D eigenvalue weighted by Crippen LogP contribution is 2.15. The predicted molar refractivity (Wildman–Crippen MR) is 73.8 cm³/mol. The van der Waals surface area contributed by atoms with E-state index in [2.05, 4.69) is 17.6 Å². The van der Waals surface area contributed by atoms with Gasteiger partial charge in [-0.1, -0.05) is 17.7 Å². The molecule has 0 bridgehead atoms. The molecule has 1 fully saturated rings. The second kappa shape index (κ2) is 5.53. The number of hydrogen-bond acceptors (Lipinski definition) is 2. The van der Waals surface area contributed by atoms with Crippen molar-refractivity contribution in [1.29, 1.82) is 0 Å². The lowest BCUT2D eigenvalue weighted by Gasteiger charge is -2.20. The summed E-state index contributed by atoms with van der Waals surface area (Å²) in [7, 11) is 0. The van der Waals surface area contributed by atoms with E-state index >= 15 is 0 Å². The Bertz CT molecular complexity index is 436. The SMILES string of the molecule is Cc1ccc(C)c(C(=O)NC(C)C2CCNC2)c1. The molecule has 2 N–H and O–H groups in total. The molecule has 0 aliphatic carbocycles. The molecule has 18 heavy (non-hydrogen) atoms. The Labute approximate surface area is 109 Å². The maximum absolute atomic E-state index is 12.3. The zero-order chi connectivity index (χ0) is 13.1. The summed E-state index contributed by atoms with van der Waals surface area (Å²) < 4.78 is 0. The third-order valence-electron chi connectivity index (χ3n) is 3.80. The average Bonchev–Trinajstić information content (AvgIpc) is 2.85. The maximum atomic E-state index is 12.3. The van der Waals surface area contributed by atoms with Gasteiger partial charge < -0.3 is 10.6 Å². The van der Waals surface area contributed by atoms with Gasteiger partial charge in [-0.05, 0) is 57.8 Å². The monoisotopic (exact) mass is 246 g/mol. The lowest BCUT2D eigenvalue weighted by atomic mass is 9.99. The summed E-state index contributed by atoms with van der Waals surface area (Å²) in [6, 6.07) is 6.24. The Hall–Kier alpha value is -1.35. The first-order valence-corrected chi connectivity index (χ1v) is 6.67. The second-order valence-electron chi connectivity index (χ2n) is 5.33. The highest BCUT2D eigenvalue weighted by Gasteiger charge is 2.23. The van der Waals surface area contributed by atoms with Crippen LogP contribution in [0.2, 0.25) is 0 Å². The molecule has 0 radical (unpaired) electrons. The van der Waals surface area contributed by atoms with Crippen molar-refractivity contribution in [1.82, 2.24) is 10.6 Å². The Balaban J connectivity index is 2.04. The number of nitrogens with one attached hydrogen (secondary N) is 2. The van der Waals surface area contributed by atoms with Crippen LogP contribution in [0, 0.1) is 19.8 Å².